The summed E-state index contributed by atoms with van der Waals surface area (Å²) >= 11 is 0. The summed E-state index contributed by atoms with van der Waals surface area (Å²) in [5.74, 6) is 1.56. The minimum Gasteiger partial charge on any atom is -0.493 e. The maximum Gasteiger partial charge on any atom is 0.338 e. The van der Waals surface area contributed by atoms with Gasteiger partial charge in [-0.15, -0.1) is 0 Å². The lowest BCUT2D eigenvalue weighted by Gasteiger charge is -2.34. The highest BCUT2D eigenvalue weighted by Crippen LogP contribution is 2.61. The highest BCUT2D eigenvalue weighted by molar-refractivity contribution is 5.90. The lowest BCUT2D eigenvalue weighted by Crippen LogP contribution is -2.40. The molecule has 1 saturated carbocycles. The molecule has 32 heavy (non-hydrogen) atoms. The number of hydrogen-bond acceptors (Lipinski definition) is 6. The van der Waals surface area contributed by atoms with E-state index in [9.17, 15) is 4.79 Å². The van der Waals surface area contributed by atoms with Crippen molar-refractivity contribution in [2.75, 3.05) is 39.7 Å². The van der Waals surface area contributed by atoms with E-state index in [0.717, 1.165) is 36.7 Å². The van der Waals surface area contributed by atoms with Crippen molar-refractivity contribution in [3.05, 3.63) is 53.1 Å². The van der Waals surface area contributed by atoms with Gasteiger partial charge in [0.1, 0.15) is 12.2 Å². The van der Waals surface area contributed by atoms with E-state index in [-0.39, 0.29) is 29.5 Å². The van der Waals surface area contributed by atoms with E-state index in [1.54, 1.807) is 7.11 Å². The van der Waals surface area contributed by atoms with Crippen LogP contribution in [0.3, 0.4) is 0 Å². The molecule has 5 rings (SSSR count). The van der Waals surface area contributed by atoms with Gasteiger partial charge in [0.15, 0.2) is 11.5 Å². The maximum absolute atomic E-state index is 13.1. The summed E-state index contributed by atoms with van der Waals surface area (Å²) in [6.45, 7) is 4.09. The van der Waals surface area contributed by atoms with E-state index in [2.05, 4.69) is 24.9 Å². The van der Waals surface area contributed by atoms with Crippen molar-refractivity contribution in [1.29, 1.82) is 0 Å². The Morgan fingerprint density at radius 3 is 2.81 bits per heavy atom. The van der Waals surface area contributed by atoms with Gasteiger partial charge < -0.3 is 24.0 Å². The van der Waals surface area contributed by atoms with Crippen molar-refractivity contribution in [3.63, 3.8) is 0 Å². The second kappa shape index (κ2) is 7.69. The van der Waals surface area contributed by atoms with Gasteiger partial charge in [0.25, 0.3) is 0 Å². The first-order valence-electron chi connectivity index (χ1n) is 11.4. The Morgan fingerprint density at radius 2 is 2.06 bits per heavy atom. The molecule has 1 aliphatic carbocycles. The summed E-state index contributed by atoms with van der Waals surface area (Å²) in [6.07, 6.45) is 1.47. The molecule has 1 fully saturated rings. The fourth-order valence-electron chi connectivity index (χ4n) is 5.98. The SMILES string of the molecule is COc1ccc2c3c1OC1C[C@@H](OC(=O)c4cccc(N(C)C)c4)C(C)[C@@]31CCN(C)C2. The third-order valence-corrected chi connectivity index (χ3v) is 7.75. The molecular formula is C26H32N2O4. The number of ether oxygens (including phenoxy) is 3. The standard InChI is InChI=1S/C26H32N2O4/c1-16-21(31-25(29)17-7-6-8-19(13-17)27(2)3)14-22-26(16)11-12-28(4)15-18-9-10-20(30-5)24(32-22)23(18)26/h6-10,13,16,21-22H,11-12,14-15H2,1-5H3/t16?,21-,22?,26-/m1/s1. The number of carbonyl (C=O) groups excluding carboxylic acids is 1. The Bertz CT molecular complexity index is 1050. The monoisotopic (exact) mass is 436 g/mol. The molecule has 2 aromatic carbocycles. The molecule has 2 aromatic rings. The van der Waals surface area contributed by atoms with E-state index in [0.29, 0.717) is 12.0 Å². The molecule has 0 radical (unpaired) electrons. The van der Waals surface area contributed by atoms with Crippen LogP contribution in [0.5, 0.6) is 11.5 Å². The van der Waals surface area contributed by atoms with Gasteiger partial charge in [0, 0.05) is 49.6 Å². The van der Waals surface area contributed by atoms with Crippen LogP contribution in [0, 0.1) is 5.92 Å². The third kappa shape index (κ3) is 3.07. The smallest absolute Gasteiger partial charge is 0.338 e. The first-order chi connectivity index (χ1) is 15.3. The number of carbonyl (C=O) groups is 1. The van der Waals surface area contributed by atoms with Crippen LogP contribution < -0.4 is 14.4 Å². The molecule has 6 heteroatoms. The minimum absolute atomic E-state index is 0.0139. The molecular weight excluding hydrogens is 404 g/mol. The number of benzene rings is 2. The Morgan fingerprint density at radius 1 is 1.25 bits per heavy atom. The van der Waals surface area contributed by atoms with E-state index in [1.165, 1.54) is 11.1 Å². The highest BCUT2D eigenvalue weighted by atomic mass is 16.6. The third-order valence-electron chi connectivity index (χ3n) is 7.75. The van der Waals surface area contributed by atoms with Crippen molar-refractivity contribution in [2.24, 2.45) is 5.92 Å². The number of anilines is 1. The van der Waals surface area contributed by atoms with Crippen LogP contribution in [0.1, 0.15) is 41.3 Å². The number of nitrogens with zero attached hydrogens (tertiary/aromatic N) is 2. The second-order valence-electron chi connectivity index (χ2n) is 9.68. The largest absolute Gasteiger partial charge is 0.493 e. The molecule has 2 unspecified atom stereocenters. The Hall–Kier alpha value is -2.73. The second-order valence-corrected chi connectivity index (χ2v) is 9.68. The first kappa shape index (κ1) is 21.1. The first-order valence-corrected chi connectivity index (χ1v) is 11.4. The van der Waals surface area contributed by atoms with E-state index in [1.807, 2.05) is 49.3 Å². The molecule has 0 amide bonds. The van der Waals surface area contributed by atoms with Gasteiger partial charge in [-0.25, -0.2) is 4.79 Å². The molecule has 2 aliphatic heterocycles. The summed E-state index contributed by atoms with van der Waals surface area (Å²) in [6, 6.07) is 11.8. The van der Waals surface area contributed by atoms with Gasteiger partial charge in [0.05, 0.1) is 12.7 Å². The topological polar surface area (TPSA) is 51.2 Å². The summed E-state index contributed by atoms with van der Waals surface area (Å²) < 4.78 is 18.3. The maximum atomic E-state index is 13.1. The van der Waals surface area contributed by atoms with Gasteiger partial charge in [-0.1, -0.05) is 19.1 Å². The number of rotatable bonds is 4. The Balaban J connectivity index is 1.47. The minimum atomic E-state index is -0.265. The Kier molecular flexibility index (Phi) is 5.08. The quantitative estimate of drug-likeness (QED) is 0.679. The van der Waals surface area contributed by atoms with Crippen molar-refractivity contribution in [3.8, 4) is 11.5 Å². The fraction of sp³-hybridized carbons (Fsp3) is 0.500. The molecule has 0 N–H and O–H groups in total. The van der Waals surface area contributed by atoms with Crippen LogP contribution in [0.2, 0.25) is 0 Å². The fourth-order valence-corrected chi connectivity index (χ4v) is 5.98. The summed E-state index contributed by atoms with van der Waals surface area (Å²) in [7, 11) is 7.79. The summed E-state index contributed by atoms with van der Waals surface area (Å²) in [5.41, 5.74) is 3.96. The number of hydrogen-bond donors (Lipinski definition) is 0. The van der Waals surface area contributed by atoms with Crippen molar-refractivity contribution in [1.82, 2.24) is 4.90 Å². The van der Waals surface area contributed by atoms with E-state index >= 15 is 0 Å². The van der Waals surface area contributed by atoms with Gasteiger partial charge in [-0.3, -0.25) is 0 Å². The molecule has 4 atom stereocenters. The van der Waals surface area contributed by atoms with Crippen molar-refractivity contribution >= 4 is 11.7 Å². The number of esters is 1. The molecule has 0 aromatic heterocycles. The predicted octanol–water partition coefficient (Wildman–Crippen LogP) is 3.86. The zero-order chi connectivity index (χ0) is 22.6. The van der Waals surface area contributed by atoms with Crippen LogP contribution in [-0.4, -0.2) is 57.9 Å². The lowest BCUT2D eigenvalue weighted by molar-refractivity contribution is 0.0173. The molecule has 3 aliphatic rings. The summed E-state index contributed by atoms with van der Waals surface area (Å²) in [4.78, 5) is 17.4. The highest BCUT2D eigenvalue weighted by Gasteiger charge is 2.62. The molecule has 0 saturated heterocycles. The summed E-state index contributed by atoms with van der Waals surface area (Å²) in [5, 5.41) is 0. The molecule has 0 bridgehead atoms. The van der Waals surface area contributed by atoms with Gasteiger partial charge in [0.2, 0.25) is 0 Å². The molecule has 6 nitrogen and oxygen atoms in total. The molecule has 170 valence electrons. The van der Waals surface area contributed by atoms with Crippen LogP contribution in [0.4, 0.5) is 5.69 Å². The normalized spacial score (nSPS) is 28.3. The van der Waals surface area contributed by atoms with E-state index < -0.39 is 0 Å². The zero-order valence-corrected chi connectivity index (χ0v) is 19.6. The van der Waals surface area contributed by atoms with Gasteiger partial charge >= 0.3 is 5.97 Å². The van der Waals surface area contributed by atoms with Crippen molar-refractivity contribution < 1.29 is 19.0 Å². The van der Waals surface area contributed by atoms with Crippen LogP contribution in [-0.2, 0) is 16.7 Å². The average Bonchev–Trinajstić information content (AvgIpc) is 3.17. The van der Waals surface area contributed by atoms with Gasteiger partial charge in [-0.2, -0.15) is 0 Å². The zero-order valence-electron chi connectivity index (χ0n) is 19.6. The van der Waals surface area contributed by atoms with Gasteiger partial charge in [-0.05, 0) is 49.8 Å². The van der Waals surface area contributed by atoms with Crippen LogP contribution >= 0.6 is 0 Å². The average molecular weight is 437 g/mol. The Labute approximate surface area is 190 Å². The van der Waals surface area contributed by atoms with Crippen LogP contribution in [0.15, 0.2) is 36.4 Å². The molecule has 1 spiro atoms. The van der Waals surface area contributed by atoms with E-state index in [4.69, 9.17) is 14.2 Å². The predicted molar refractivity (Wildman–Crippen MR) is 124 cm³/mol. The molecule has 2 heterocycles. The van der Waals surface area contributed by atoms with Crippen molar-refractivity contribution in [2.45, 2.75) is 43.9 Å². The number of methoxy groups -OCH3 is 1. The van der Waals surface area contributed by atoms with Crippen LogP contribution in [0.25, 0.3) is 0 Å². The lowest BCUT2D eigenvalue weighted by atomic mass is 9.69.